The Kier molecular flexibility index (Phi) is 9.11. The van der Waals surface area contributed by atoms with Crippen LogP contribution in [0.3, 0.4) is 0 Å². The summed E-state index contributed by atoms with van der Waals surface area (Å²) in [7, 11) is 2.07. The van der Waals surface area contributed by atoms with Crippen molar-refractivity contribution in [3.63, 3.8) is 0 Å². The third kappa shape index (κ3) is 7.30. The van der Waals surface area contributed by atoms with E-state index < -0.39 is 11.7 Å². The van der Waals surface area contributed by atoms with Crippen molar-refractivity contribution in [2.45, 2.75) is 19.0 Å². The molecule has 12 heteroatoms. The number of carbonyl (C=O) groups excluding carboxylic acids is 1. The first kappa shape index (κ1) is 29.2. The second-order valence-electron chi connectivity index (χ2n) is 10.3. The van der Waals surface area contributed by atoms with Gasteiger partial charge in [0.05, 0.1) is 23.1 Å². The van der Waals surface area contributed by atoms with Crippen LogP contribution in [-0.2, 0) is 11.3 Å². The van der Waals surface area contributed by atoms with Crippen molar-refractivity contribution in [2.75, 3.05) is 43.9 Å². The Hall–Kier alpha value is -4.32. The molecule has 1 unspecified atom stereocenters. The highest BCUT2D eigenvalue weighted by molar-refractivity contribution is 6.30. The molecule has 1 aliphatic rings. The molecule has 42 heavy (non-hydrogen) atoms. The summed E-state index contributed by atoms with van der Waals surface area (Å²) in [4.78, 5) is 21.1. The summed E-state index contributed by atoms with van der Waals surface area (Å²) in [6.45, 7) is 3.70. The van der Waals surface area contributed by atoms with Crippen molar-refractivity contribution in [3.05, 3.63) is 89.0 Å². The lowest BCUT2D eigenvalue weighted by Gasteiger charge is -2.37. The molecule has 4 aromatic rings. The maximum atomic E-state index is 14.7. The van der Waals surface area contributed by atoms with Crippen LogP contribution in [0, 0.1) is 5.82 Å². The molecule has 0 saturated carbocycles. The maximum Gasteiger partial charge on any atom is 0.219 e. The molecule has 1 aliphatic heterocycles. The molecule has 1 atom stereocenters. The van der Waals surface area contributed by atoms with Crippen LogP contribution in [-0.4, -0.2) is 69.2 Å². The fraction of sp³-hybridized carbons (Fsp3) is 0.267. The molecular formula is C30H32ClFN8O2. The van der Waals surface area contributed by atoms with E-state index in [0.29, 0.717) is 40.1 Å². The highest BCUT2D eigenvalue weighted by Gasteiger charge is 2.27. The Morgan fingerprint density at radius 3 is 2.67 bits per heavy atom. The number of pyridine rings is 1. The van der Waals surface area contributed by atoms with Crippen LogP contribution < -0.4 is 16.4 Å². The topological polar surface area (TPSA) is 133 Å². The number of hydrogen-bond donors (Lipinski definition) is 4. The average molecular weight is 591 g/mol. The number of likely N-dealkylation sites (N-methyl/N-ethyl adjacent to an activating group) is 1. The number of aromatic hydroxyl groups is 1. The number of nitrogens with zero attached hydrogens (tertiary/aromatic N) is 5. The molecule has 1 fully saturated rings. The molecule has 1 amide bonds. The van der Waals surface area contributed by atoms with Gasteiger partial charge >= 0.3 is 0 Å². The standard InChI is InChI=1S/C30H32ClFN8O2/c1-39-9-11-40(12-10-39)28(17-29(33)42)26-15-21(7-8-34-26)36-27-16-25(23-14-20(31)5-6-24(23)32)37-38-30(27)35-18-19-3-2-4-22(41)13-19/h2-8,13-16,28,41H,9-12,17-18H2,1H3,(H2,33,42)(H,35,38)(H,34,36,37). The third-order valence-electron chi connectivity index (χ3n) is 7.14. The predicted octanol–water partition coefficient (Wildman–Crippen LogP) is 4.56. The first-order valence-electron chi connectivity index (χ1n) is 13.5. The molecule has 2 aromatic carbocycles. The second-order valence-corrected chi connectivity index (χ2v) is 10.7. The smallest absolute Gasteiger partial charge is 0.219 e. The van der Waals surface area contributed by atoms with Crippen LogP contribution in [0.15, 0.2) is 66.9 Å². The number of rotatable bonds is 10. The zero-order chi connectivity index (χ0) is 29.6. The number of anilines is 3. The number of primary amides is 1. The van der Waals surface area contributed by atoms with E-state index >= 15 is 0 Å². The Morgan fingerprint density at radius 1 is 1.10 bits per heavy atom. The number of hydrogen-bond acceptors (Lipinski definition) is 9. The lowest BCUT2D eigenvalue weighted by Crippen LogP contribution is -2.46. The van der Waals surface area contributed by atoms with Gasteiger partial charge in [0, 0.05) is 61.6 Å². The van der Waals surface area contributed by atoms with Crippen LogP contribution >= 0.6 is 11.6 Å². The number of phenols is 1. The summed E-state index contributed by atoms with van der Waals surface area (Å²) in [5, 5.41) is 25.4. The van der Waals surface area contributed by atoms with Crippen molar-refractivity contribution in [3.8, 4) is 17.0 Å². The number of nitrogens with two attached hydrogens (primary N) is 1. The van der Waals surface area contributed by atoms with Gasteiger partial charge in [-0.05, 0) is 61.1 Å². The third-order valence-corrected chi connectivity index (χ3v) is 7.38. The molecule has 3 heterocycles. The molecule has 5 N–H and O–H groups in total. The van der Waals surface area contributed by atoms with Gasteiger partial charge in [0.15, 0.2) is 5.82 Å². The summed E-state index contributed by atoms with van der Waals surface area (Å²) in [5.41, 5.74) is 8.90. The molecule has 0 aliphatic carbocycles. The molecule has 1 saturated heterocycles. The largest absolute Gasteiger partial charge is 0.508 e. The second kappa shape index (κ2) is 13.1. The summed E-state index contributed by atoms with van der Waals surface area (Å²) in [6, 6.07) is 16.2. The lowest BCUT2D eigenvalue weighted by atomic mass is 10.1. The molecule has 0 radical (unpaired) electrons. The summed E-state index contributed by atoms with van der Waals surface area (Å²) in [6.07, 6.45) is 1.82. The molecule has 10 nitrogen and oxygen atoms in total. The molecule has 5 rings (SSSR count). The minimum Gasteiger partial charge on any atom is -0.508 e. The fourth-order valence-corrected chi connectivity index (χ4v) is 5.08. The first-order valence-corrected chi connectivity index (χ1v) is 13.9. The zero-order valence-electron chi connectivity index (χ0n) is 23.1. The van der Waals surface area contributed by atoms with Gasteiger partial charge in [0.2, 0.25) is 5.91 Å². The van der Waals surface area contributed by atoms with Gasteiger partial charge in [-0.2, -0.15) is 0 Å². The number of aromatic nitrogens is 3. The molecular weight excluding hydrogens is 559 g/mol. The van der Waals surface area contributed by atoms with Gasteiger partial charge in [-0.25, -0.2) is 4.39 Å². The van der Waals surface area contributed by atoms with Crippen molar-refractivity contribution in [1.29, 1.82) is 0 Å². The highest BCUT2D eigenvalue weighted by Crippen LogP contribution is 2.32. The number of nitrogens with one attached hydrogen (secondary N) is 2. The fourth-order valence-electron chi connectivity index (χ4n) is 4.90. The Bertz CT molecular complexity index is 1560. The quantitative estimate of drug-likeness (QED) is 0.210. The van der Waals surface area contributed by atoms with Crippen LogP contribution in [0.4, 0.5) is 21.6 Å². The van der Waals surface area contributed by atoms with E-state index in [9.17, 15) is 14.3 Å². The van der Waals surface area contributed by atoms with Gasteiger partial charge < -0.3 is 26.4 Å². The van der Waals surface area contributed by atoms with Gasteiger partial charge in [0.25, 0.3) is 0 Å². The SMILES string of the molecule is CN1CCN(C(CC(N)=O)c2cc(Nc3cc(-c4cc(Cl)ccc4F)nnc3NCc3cccc(O)c3)ccn2)CC1. The maximum absolute atomic E-state index is 14.7. The molecule has 218 valence electrons. The minimum atomic E-state index is -0.479. The van der Waals surface area contributed by atoms with Crippen LogP contribution in [0.5, 0.6) is 5.75 Å². The minimum absolute atomic E-state index is 0.145. The van der Waals surface area contributed by atoms with Crippen molar-refractivity contribution >= 4 is 34.7 Å². The van der Waals surface area contributed by atoms with Gasteiger partial charge in [-0.1, -0.05) is 23.7 Å². The van der Waals surface area contributed by atoms with E-state index in [2.05, 4.69) is 42.7 Å². The number of phenolic OH excluding ortho intramolecular Hbond substituents is 1. The average Bonchev–Trinajstić information content (AvgIpc) is 2.97. The zero-order valence-corrected chi connectivity index (χ0v) is 23.9. The van der Waals surface area contributed by atoms with E-state index in [1.807, 2.05) is 12.1 Å². The monoisotopic (exact) mass is 590 g/mol. The summed E-state index contributed by atoms with van der Waals surface area (Å²) < 4.78 is 14.7. The molecule has 2 aromatic heterocycles. The van der Waals surface area contributed by atoms with E-state index in [4.69, 9.17) is 17.3 Å². The number of halogens is 2. The van der Waals surface area contributed by atoms with E-state index in [1.165, 1.54) is 18.2 Å². The van der Waals surface area contributed by atoms with Crippen molar-refractivity contribution in [1.82, 2.24) is 25.0 Å². The van der Waals surface area contributed by atoms with Gasteiger partial charge in [0.1, 0.15) is 11.6 Å². The van der Waals surface area contributed by atoms with Gasteiger partial charge in [-0.3, -0.25) is 14.7 Å². The lowest BCUT2D eigenvalue weighted by molar-refractivity contribution is -0.119. The van der Waals surface area contributed by atoms with Crippen molar-refractivity contribution < 1.29 is 14.3 Å². The Balaban J connectivity index is 1.47. The summed E-state index contributed by atoms with van der Waals surface area (Å²) >= 11 is 6.14. The van der Waals surface area contributed by atoms with Crippen LogP contribution in [0.25, 0.3) is 11.3 Å². The highest BCUT2D eigenvalue weighted by atomic mass is 35.5. The Labute approximate surface area is 248 Å². The normalized spacial score (nSPS) is 14.8. The van der Waals surface area contributed by atoms with Crippen LogP contribution in [0.2, 0.25) is 5.02 Å². The van der Waals surface area contributed by atoms with Gasteiger partial charge in [-0.15, -0.1) is 10.2 Å². The number of amides is 1. The molecule has 0 bridgehead atoms. The Morgan fingerprint density at radius 2 is 1.90 bits per heavy atom. The number of piperazine rings is 1. The predicted molar refractivity (Wildman–Crippen MR) is 161 cm³/mol. The molecule has 0 spiro atoms. The number of benzene rings is 2. The van der Waals surface area contributed by atoms with E-state index in [0.717, 1.165) is 31.7 Å². The summed E-state index contributed by atoms with van der Waals surface area (Å²) in [5.74, 6) is -0.312. The first-order chi connectivity index (χ1) is 20.2. The van der Waals surface area contributed by atoms with E-state index in [1.54, 1.807) is 36.5 Å². The van der Waals surface area contributed by atoms with Crippen molar-refractivity contribution in [2.24, 2.45) is 5.73 Å². The van der Waals surface area contributed by atoms with E-state index in [-0.39, 0.29) is 23.8 Å². The number of carbonyl (C=O) groups is 1. The van der Waals surface area contributed by atoms with Crippen LogP contribution in [0.1, 0.15) is 23.7 Å².